The molecule has 0 aromatic rings. The van der Waals surface area contributed by atoms with Crippen LogP contribution in [-0.2, 0) is 4.74 Å². The van der Waals surface area contributed by atoms with E-state index in [1.165, 1.54) is 17.6 Å². The van der Waals surface area contributed by atoms with Gasteiger partial charge in [-0.25, -0.2) is 0 Å². The summed E-state index contributed by atoms with van der Waals surface area (Å²) >= 11 is 0. The van der Waals surface area contributed by atoms with Crippen LogP contribution in [0.25, 0.3) is 0 Å². The van der Waals surface area contributed by atoms with Crippen molar-refractivity contribution in [2.45, 2.75) is 25.9 Å². The first-order chi connectivity index (χ1) is 4.76. The zero-order valence-electron chi connectivity index (χ0n) is 6.84. The third kappa shape index (κ3) is 0.722. The van der Waals surface area contributed by atoms with Gasteiger partial charge in [0.05, 0.1) is 12.6 Å². The fourth-order valence-electron chi connectivity index (χ4n) is 2.16. The van der Waals surface area contributed by atoms with Gasteiger partial charge in [0.25, 0.3) is 0 Å². The van der Waals surface area contributed by atoms with Crippen molar-refractivity contribution in [3.05, 3.63) is 0 Å². The van der Waals surface area contributed by atoms with Crippen LogP contribution in [0.4, 0.5) is 0 Å². The van der Waals surface area contributed by atoms with Gasteiger partial charge in [-0.15, -0.1) is 0 Å². The molecule has 2 rings (SSSR count). The summed E-state index contributed by atoms with van der Waals surface area (Å²) in [6.07, 6.45) is 0. The van der Waals surface area contributed by atoms with Gasteiger partial charge in [-0.2, -0.15) is 0 Å². The maximum Gasteiger partial charge on any atom is 0.163 e. The number of quaternary nitrogens is 1. The molecule has 0 saturated carbocycles. The SMILES string of the molecule is CC(C)[N+]12CCOCC1C2. The number of fused-ring (bicyclic) bond motifs is 1. The van der Waals surface area contributed by atoms with Crippen LogP contribution < -0.4 is 0 Å². The molecule has 2 aliphatic rings. The van der Waals surface area contributed by atoms with Crippen LogP contribution in [0.3, 0.4) is 0 Å². The molecule has 2 aliphatic heterocycles. The van der Waals surface area contributed by atoms with Crippen LogP contribution >= 0.6 is 0 Å². The fraction of sp³-hybridized carbons (Fsp3) is 1.00. The largest absolute Gasteiger partial charge is 0.369 e. The molecule has 0 amide bonds. The van der Waals surface area contributed by atoms with Gasteiger partial charge in [0.2, 0.25) is 0 Å². The molecule has 2 nitrogen and oxygen atoms in total. The molecular weight excluding hydrogens is 126 g/mol. The first-order valence-corrected chi connectivity index (χ1v) is 4.20. The molecule has 0 aromatic carbocycles. The molecule has 0 radical (unpaired) electrons. The van der Waals surface area contributed by atoms with E-state index in [4.69, 9.17) is 4.74 Å². The molecule has 58 valence electrons. The molecule has 0 aliphatic carbocycles. The van der Waals surface area contributed by atoms with Crippen LogP contribution in [0.15, 0.2) is 0 Å². The summed E-state index contributed by atoms with van der Waals surface area (Å²) in [5.74, 6) is 0. The van der Waals surface area contributed by atoms with Gasteiger partial charge in [0, 0.05) is 0 Å². The van der Waals surface area contributed by atoms with E-state index >= 15 is 0 Å². The summed E-state index contributed by atoms with van der Waals surface area (Å²) in [4.78, 5) is 0. The smallest absolute Gasteiger partial charge is 0.163 e. The summed E-state index contributed by atoms with van der Waals surface area (Å²) in [6, 6.07) is 1.67. The lowest BCUT2D eigenvalue weighted by Crippen LogP contribution is -2.43. The highest BCUT2D eigenvalue weighted by molar-refractivity contribution is 4.79. The number of hydrogen-bond acceptors (Lipinski definition) is 1. The summed E-state index contributed by atoms with van der Waals surface area (Å²) in [7, 11) is 0. The molecule has 0 aromatic heterocycles. The van der Waals surface area contributed by atoms with Gasteiger partial charge >= 0.3 is 0 Å². The second kappa shape index (κ2) is 1.95. The van der Waals surface area contributed by atoms with E-state index in [2.05, 4.69) is 13.8 Å². The molecule has 2 fully saturated rings. The first kappa shape index (κ1) is 6.62. The van der Waals surface area contributed by atoms with Crippen molar-refractivity contribution in [1.82, 2.24) is 0 Å². The molecule has 2 atom stereocenters. The van der Waals surface area contributed by atoms with E-state index in [1.54, 1.807) is 0 Å². The maximum atomic E-state index is 5.38. The number of rotatable bonds is 1. The van der Waals surface area contributed by atoms with Crippen LogP contribution in [-0.4, -0.2) is 42.9 Å². The molecule has 2 heterocycles. The molecule has 0 bridgehead atoms. The number of ether oxygens (including phenoxy) is 1. The fourth-order valence-corrected chi connectivity index (χ4v) is 2.16. The Balaban J connectivity index is 2.05. The first-order valence-electron chi connectivity index (χ1n) is 4.20. The molecule has 2 saturated heterocycles. The molecule has 2 heteroatoms. The van der Waals surface area contributed by atoms with Crippen LogP contribution in [0.1, 0.15) is 13.8 Å². The van der Waals surface area contributed by atoms with Crippen molar-refractivity contribution < 1.29 is 9.22 Å². The Bertz CT molecular complexity index is 146. The average molecular weight is 142 g/mol. The van der Waals surface area contributed by atoms with Crippen molar-refractivity contribution in [3.8, 4) is 0 Å². The predicted octanol–water partition coefficient (Wildman–Crippen LogP) is 0.624. The van der Waals surface area contributed by atoms with Crippen LogP contribution in [0, 0.1) is 0 Å². The van der Waals surface area contributed by atoms with Gasteiger partial charge in [0.15, 0.2) is 6.04 Å². The van der Waals surface area contributed by atoms with E-state index in [-0.39, 0.29) is 0 Å². The van der Waals surface area contributed by atoms with E-state index in [1.807, 2.05) is 0 Å². The topological polar surface area (TPSA) is 9.23 Å². The van der Waals surface area contributed by atoms with Gasteiger partial charge in [0.1, 0.15) is 19.7 Å². The second-order valence-corrected chi connectivity index (χ2v) is 3.83. The average Bonchev–Trinajstić information content (AvgIpc) is 2.61. The third-order valence-electron chi connectivity index (χ3n) is 3.13. The van der Waals surface area contributed by atoms with Gasteiger partial charge in [-0.05, 0) is 13.8 Å². The summed E-state index contributed by atoms with van der Waals surface area (Å²) in [6.45, 7) is 9.27. The number of morpholine rings is 1. The lowest BCUT2D eigenvalue weighted by molar-refractivity contribution is -0.844. The Labute approximate surface area is 62.4 Å². The van der Waals surface area contributed by atoms with Gasteiger partial charge in [-0.3, -0.25) is 0 Å². The highest BCUT2D eigenvalue weighted by Crippen LogP contribution is 2.36. The van der Waals surface area contributed by atoms with E-state index in [0.29, 0.717) is 0 Å². The molecular formula is C8H16NO+. The Hall–Kier alpha value is -0.0800. The van der Waals surface area contributed by atoms with Crippen molar-refractivity contribution in [3.63, 3.8) is 0 Å². The standard InChI is InChI=1S/C8H16NO/c1-7(2)9-3-4-10-6-8(9)5-9/h7-8H,3-6H2,1-2H3/q+1. The number of nitrogens with zero attached hydrogens (tertiary/aromatic N) is 1. The van der Waals surface area contributed by atoms with Crippen molar-refractivity contribution in [2.24, 2.45) is 0 Å². The second-order valence-electron chi connectivity index (χ2n) is 3.83. The Morgan fingerprint density at radius 3 is 2.80 bits per heavy atom. The van der Waals surface area contributed by atoms with Crippen molar-refractivity contribution >= 4 is 0 Å². The third-order valence-corrected chi connectivity index (χ3v) is 3.13. The Kier molecular flexibility index (Phi) is 1.29. The molecule has 0 spiro atoms. The minimum absolute atomic E-state index is 0.814. The van der Waals surface area contributed by atoms with Crippen molar-refractivity contribution in [2.75, 3.05) is 26.3 Å². The Morgan fingerprint density at radius 2 is 2.30 bits per heavy atom. The zero-order chi connectivity index (χ0) is 7.19. The van der Waals surface area contributed by atoms with E-state index in [0.717, 1.165) is 25.3 Å². The minimum Gasteiger partial charge on any atom is -0.369 e. The van der Waals surface area contributed by atoms with Crippen LogP contribution in [0.2, 0.25) is 0 Å². The monoisotopic (exact) mass is 142 g/mol. The lowest BCUT2D eigenvalue weighted by Gasteiger charge is -2.28. The summed E-state index contributed by atoms with van der Waals surface area (Å²) in [5, 5.41) is 0. The van der Waals surface area contributed by atoms with Gasteiger partial charge < -0.3 is 9.22 Å². The maximum absolute atomic E-state index is 5.38. The van der Waals surface area contributed by atoms with Gasteiger partial charge in [-0.1, -0.05) is 0 Å². The van der Waals surface area contributed by atoms with E-state index < -0.39 is 0 Å². The summed E-state index contributed by atoms with van der Waals surface area (Å²) in [5.41, 5.74) is 0. The predicted molar refractivity (Wildman–Crippen MR) is 39.7 cm³/mol. The van der Waals surface area contributed by atoms with Crippen LogP contribution in [0.5, 0.6) is 0 Å². The Morgan fingerprint density at radius 1 is 1.50 bits per heavy atom. The molecule has 0 N–H and O–H groups in total. The van der Waals surface area contributed by atoms with Crippen molar-refractivity contribution in [1.29, 1.82) is 0 Å². The lowest BCUT2D eigenvalue weighted by atomic mass is 10.3. The highest BCUT2D eigenvalue weighted by Gasteiger charge is 2.58. The zero-order valence-corrected chi connectivity index (χ0v) is 6.84. The quantitative estimate of drug-likeness (QED) is 0.385. The summed E-state index contributed by atoms with van der Waals surface area (Å²) < 4.78 is 6.73. The minimum atomic E-state index is 0.814. The molecule has 10 heavy (non-hydrogen) atoms. The molecule has 2 unspecified atom stereocenters. The highest BCUT2D eigenvalue weighted by atomic mass is 16.5. The normalized spacial score (nSPS) is 45.3. The van der Waals surface area contributed by atoms with E-state index in [9.17, 15) is 0 Å². The number of hydrogen-bond donors (Lipinski definition) is 0.